The van der Waals surface area contributed by atoms with Crippen LogP contribution in [0.5, 0.6) is 0 Å². The van der Waals surface area contributed by atoms with Gasteiger partial charge in [-0.05, 0) is 34.5 Å². The monoisotopic (exact) mass is 371 g/mol. The molecule has 0 saturated heterocycles. The fraction of sp³-hybridized carbons (Fsp3) is 0.250. The van der Waals surface area contributed by atoms with Crippen LogP contribution < -0.4 is 5.32 Å². The summed E-state index contributed by atoms with van der Waals surface area (Å²) in [4.78, 5) is 16.7. The van der Waals surface area contributed by atoms with Crippen LogP contribution in [0, 0.1) is 5.92 Å². The Kier molecular flexibility index (Phi) is 5.11. The molecule has 0 spiro atoms. The molecular weight excluding hydrogens is 346 g/mol. The van der Waals surface area contributed by atoms with Gasteiger partial charge < -0.3 is 9.88 Å². The Morgan fingerprint density at radius 3 is 2.57 bits per heavy atom. The molecule has 0 aliphatic heterocycles. The molecule has 4 nitrogen and oxygen atoms in total. The number of imidazole rings is 1. The van der Waals surface area contributed by atoms with Crippen LogP contribution in [-0.2, 0) is 17.8 Å². The first-order valence-corrected chi connectivity index (χ1v) is 9.81. The van der Waals surface area contributed by atoms with Gasteiger partial charge >= 0.3 is 0 Å². The highest BCUT2D eigenvalue weighted by molar-refractivity contribution is 5.83. The van der Waals surface area contributed by atoms with E-state index in [2.05, 4.69) is 58.4 Å². The predicted octanol–water partition coefficient (Wildman–Crippen LogP) is 4.55. The summed E-state index contributed by atoms with van der Waals surface area (Å²) in [7, 11) is 0. The Balaban J connectivity index is 1.63. The number of amides is 1. The average molecular weight is 371 g/mol. The van der Waals surface area contributed by atoms with E-state index >= 15 is 0 Å². The molecule has 4 aromatic rings. The molecule has 0 atom stereocenters. The zero-order valence-corrected chi connectivity index (χ0v) is 16.4. The molecule has 1 heterocycles. The van der Waals surface area contributed by atoms with Crippen molar-refractivity contribution in [1.29, 1.82) is 0 Å². The summed E-state index contributed by atoms with van der Waals surface area (Å²) in [6.07, 6.45) is 0.709. The molecule has 142 valence electrons. The van der Waals surface area contributed by atoms with E-state index in [0.717, 1.165) is 23.4 Å². The van der Waals surface area contributed by atoms with E-state index in [-0.39, 0.29) is 11.8 Å². The van der Waals surface area contributed by atoms with Gasteiger partial charge in [-0.3, -0.25) is 4.79 Å². The van der Waals surface area contributed by atoms with Crippen LogP contribution in [-0.4, -0.2) is 22.0 Å². The molecule has 0 aliphatic carbocycles. The van der Waals surface area contributed by atoms with E-state index < -0.39 is 0 Å². The van der Waals surface area contributed by atoms with Crippen molar-refractivity contribution in [2.45, 2.75) is 26.8 Å². The molecule has 0 bridgehead atoms. The summed E-state index contributed by atoms with van der Waals surface area (Å²) in [6, 6.07) is 23.2. The molecule has 0 fully saturated rings. The lowest BCUT2D eigenvalue weighted by Crippen LogP contribution is -2.30. The van der Waals surface area contributed by atoms with Gasteiger partial charge in [0.2, 0.25) is 5.91 Å². The molecule has 0 unspecified atom stereocenters. The Morgan fingerprint density at radius 1 is 1.00 bits per heavy atom. The van der Waals surface area contributed by atoms with E-state index in [1.165, 1.54) is 16.3 Å². The Morgan fingerprint density at radius 2 is 1.75 bits per heavy atom. The summed E-state index contributed by atoms with van der Waals surface area (Å²) >= 11 is 0. The zero-order valence-electron chi connectivity index (χ0n) is 16.4. The number of para-hydroxylation sites is 2. The van der Waals surface area contributed by atoms with E-state index in [9.17, 15) is 4.79 Å². The zero-order chi connectivity index (χ0) is 19.5. The second-order valence-electron chi connectivity index (χ2n) is 7.48. The number of benzene rings is 3. The first kappa shape index (κ1) is 18.2. The van der Waals surface area contributed by atoms with Crippen molar-refractivity contribution in [2.24, 2.45) is 5.92 Å². The molecular formula is C24H25N3O. The molecule has 28 heavy (non-hydrogen) atoms. The van der Waals surface area contributed by atoms with Gasteiger partial charge in [-0.25, -0.2) is 4.98 Å². The highest BCUT2D eigenvalue weighted by Crippen LogP contribution is 2.21. The second kappa shape index (κ2) is 7.85. The molecule has 1 amide bonds. The topological polar surface area (TPSA) is 46.9 Å². The lowest BCUT2D eigenvalue weighted by atomic mass is 10.1. The van der Waals surface area contributed by atoms with Gasteiger partial charge in [0, 0.05) is 25.4 Å². The van der Waals surface area contributed by atoms with E-state index in [4.69, 9.17) is 4.98 Å². The molecule has 4 rings (SSSR count). The third-order valence-electron chi connectivity index (χ3n) is 5.06. The quantitative estimate of drug-likeness (QED) is 0.540. The normalized spacial score (nSPS) is 11.4. The second-order valence-corrected chi connectivity index (χ2v) is 7.48. The number of carbonyl (C=O) groups is 1. The maximum Gasteiger partial charge on any atom is 0.222 e. The molecule has 0 radical (unpaired) electrons. The van der Waals surface area contributed by atoms with Gasteiger partial charge in [0.05, 0.1) is 11.0 Å². The van der Waals surface area contributed by atoms with Crippen LogP contribution in [0.15, 0.2) is 66.7 Å². The number of nitrogens with one attached hydrogen (secondary N) is 1. The maximum absolute atomic E-state index is 11.9. The Hall–Kier alpha value is -3.14. The minimum absolute atomic E-state index is 0.00332. The van der Waals surface area contributed by atoms with Crippen molar-refractivity contribution < 1.29 is 4.79 Å². The Labute approximate surface area is 165 Å². The van der Waals surface area contributed by atoms with Crippen molar-refractivity contribution in [3.8, 4) is 0 Å². The molecule has 0 saturated carbocycles. The van der Waals surface area contributed by atoms with Gasteiger partial charge in [-0.2, -0.15) is 0 Å². The van der Waals surface area contributed by atoms with E-state index in [1.807, 2.05) is 32.0 Å². The third-order valence-corrected chi connectivity index (χ3v) is 5.06. The molecule has 1 aromatic heterocycles. The summed E-state index contributed by atoms with van der Waals surface area (Å²) in [6.45, 7) is 5.17. The number of aromatic nitrogens is 2. The van der Waals surface area contributed by atoms with E-state index in [0.29, 0.717) is 13.0 Å². The summed E-state index contributed by atoms with van der Waals surface area (Å²) < 4.78 is 2.26. The number of nitrogens with zero attached hydrogens (tertiary/aromatic N) is 2. The average Bonchev–Trinajstić information content (AvgIpc) is 3.05. The molecule has 3 aromatic carbocycles. The smallest absolute Gasteiger partial charge is 0.222 e. The van der Waals surface area contributed by atoms with Crippen LogP contribution in [0.25, 0.3) is 21.8 Å². The number of hydrogen-bond acceptors (Lipinski definition) is 2. The fourth-order valence-electron chi connectivity index (χ4n) is 3.51. The van der Waals surface area contributed by atoms with Gasteiger partial charge in [0.25, 0.3) is 0 Å². The lowest BCUT2D eigenvalue weighted by Gasteiger charge is -2.12. The third kappa shape index (κ3) is 3.77. The van der Waals surface area contributed by atoms with E-state index in [1.54, 1.807) is 0 Å². The van der Waals surface area contributed by atoms with Gasteiger partial charge in [0.1, 0.15) is 5.82 Å². The van der Waals surface area contributed by atoms with Crippen molar-refractivity contribution in [3.05, 3.63) is 78.1 Å². The highest BCUT2D eigenvalue weighted by atomic mass is 16.1. The minimum Gasteiger partial charge on any atom is -0.355 e. The lowest BCUT2D eigenvalue weighted by molar-refractivity contribution is -0.123. The van der Waals surface area contributed by atoms with Crippen LogP contribution in [0.4, 0.5) is 0 Å². The van der Waals surface area contributed by atoms with Crippen LogP contribution in [0.1, 0.15) is 25.2 Å². The summed E-state index contributed by atoms with van der Waals surface area (Å²) in [5.74, 6) is 1.08. The first-order valence-electron chi connectivity index (χ1n) is 9.81. The minimum atomic E-state index is -0.00332. The molecule has 1 N–H and O–H groups in total. The predicted molar refractivity (Wildman–Crippen MR) is 114 cm³/mol. The summed E-state index contributed by atoms with van der Waals surface area (Å²) in [5.41, 5.74) is 3.36. The molecule has 0 aliphatic rings. The number of carbonyl (C=O) groups excluding carboxylic acids is 1. The number of fused-ring (bicyclic) bond motifs is 2. The largest absolute Gasteiger partial charge is 0.355 e. The van der Waals surface area contributed by atoms with Crippen molar-refractivity contribution >= 4 is 27.7 Å². The first-order chi connectivity index (χ1) is 13.6. The fourth-order valence-corrected chi connectivity index (χ4v) is 3.51. The van der Waals surface area contributed by atoms with Crippen molar-refractivity contribution in [1.82, 2.24) is 14.9 Å². The van der Waals surface area contributed by atoms with Crippen LogP contribution in [0.3, 0.4) is 0 Å². The number of rotatable bonds is 6. The molecule has 4 heteroatoms. The van der Waals surface area contributed by atoms with Gasteiger partial charge in [-0.15, -0.1) is 0 Å². The maximum atomic E-state index is 11.9. The van der Waals surface area contributed by atoms with Crippen LogP contribution >= 0.6 is 0 Å². The Bertz CT molecular complexity index is 1130. The van der Waals surface area contributed by atoms with Crippen LogP contribution in [0.2, 0.25) is 0 Å². The standard InChI is InChI=1S/C24H25N3O/c1-17(2)24(28)25-14-13-23-26-21-9-5-6-10-22(21)27(23)16-18-11-12-19-7-3-4-8-20(19)15-18/h3-12,15,17H,13-14,16H2,1-2H3,(H,25,28). The highest BCUT2D eigenvalue weighted by Gasteiger charge is 2.12. The van der Waals surface area contributed by atoms with Gasteiger partial charge in [0.15, 0.2) is 0 Å². The van der Waals surface area contributed by atoms with Crippen molar-refractivity contribution in [3.63, 3.8) is 0 Å². The SMILES string of the molecule is CC(C)C(=O)NCCc1nc2ccccc2n1Cc1ccc2ccccc2c1. The van der Waals surface area contributed by atoms with Crippen molar-refractivity contribution in [2.75, 3.05) is 6.54 Å². The van der Waals surface area contributed by atoms with Gasteiger partial charge in [-0.1, -0.05) is 62.4 Å². The summed E-state index contributed by atoms with van der Waals surface area (Å²) in [5, 5.41) is 5.49. The number of hydrogen-bond donors (Lipinski definition) is 1.